The number of esters is 1. The van der Waals surface area contributed by atoms with Crippen LogP contribution < -0.4 is 5.73 Å². The third kappa shape index (κ3) is 4.47. The molecule has 94 valence electrons. The Kier molecular flexibility index (Phi) is 5.73. The zero-order chi connectivity index (χ0) is 12.0. The maximum Gasteiger partial charge on any atom is 0.324 e. The van der Waals surface area contributed by atoms with Crippen LogP contribution in [-0.2, 0) is 14.3 Å². The molecule has 0 radical (unpaired) electrons. The lowest BCUT2D eigenvalue weighted by molar-refractivity contribution is -0.145. The second-order valence-electron chi connectivity index (χ2n) is 4.21. The summed E-state index contributed by atoms with van der Waals surface area (Å²) in [5, 5.41) is 0. The zero-order valence-corrected chi connectivity index (χ0v) is 10.1. The van der Waals surface area contributed by atoms with Gasteiger partial charge in [0, 0.05) is 19.7 Å². The van der Waals surface area contributed by atoms with Gasteiger partial charge in [-0.05, 0) is 26.8 Å². The van der Waals surface area contributed by atoms with Crippen LogP contribution in [0.4, 0.5) is 0 Å². The molecule has 0 bridgehead atoms. The highest BCUT2D eigenvalue weighted by Gasteiger charge is 2.21. The summed E-state index contributed by atoms with van der Waals surface area (Å²) in [6, 6.07) is -0.564. The number of nitrogens with zero attached hydrogens (tertiary/aromatic N) is 1. The van der Waals surface area contributed by atoms with Crippen molar-refractivity contribution in [1.29, 1.82) is 0 Å². The Bertz CT molecular complexity index is 217. The van der Waals surface area contributed by atoms with Crippen molar-refractivity contribution in [3.8, 4) is 0 Å². The molecule has 1 rings (SSSR count). The van der Waals surface area contributed by atoms with Gasteiger partial charge in [-0.3, -0.25) is 4.79 Å². The molecule has 1 aliphatic rings. The van der Waals surface area contributed by atoms with Crippen molar-refractivity contribution in [2.24, 2.45) is 5.73 Å². The summed E-state index contributed by atoms with van der Waals surface area (Å²) in [5.74, 6) is -0.332. The van der Waals surface area contributed by atoms with E-state index in [-0.39, 0.29) is 5.97 Å². The second kappa shape index (κ2) is 6.83. The Morgan fingerprint density at radius 2 is 2.44 bits per heavy atom. The number of likely N-dealkylation sites (N-methyl/N-ethyl adjacent to an activating group) is 1. The summed E-state index contributed by atoms with van der Waals surface area (Å²) in [6.45, 7) is 4.34. The third-order valence-corrected chi connectivity index (χ3v) is 2.64. The largest absolute Gasteiger partial charge is 0.465 e. The topological polar surface area (TPSA) is 64.8 Å². The number of ether oxygens (including phenoxy) is 2. The number of nitrogens with two attached hydrogens (primary N) is 1. The van der Waals surface area contributed by atoms with Gasteiger partial charge in [-0.15, -0.1) is 0 Å². The normalized spacial score (nSPS) is 22.4. The summed E-state index contributed by atoms with van der Waals surface area (Å²) < 4.78 is 10.4. The Morgan fingerprint density at radius 1 is 1.69 bits per heavy atom. The summed E-state index contributed by atoms with van der Waals surface area (Å²) >= 11 is 0. The van der Waals surface area contributed by atoms with E-state index in [0.29, 0.717) is 19.3 Å². The smallest absolute Gasteiger partial charge is 0.324 e. The van der Waals surface area contributed by atoms with E-state index in [9.17, 15) is 4.79 Å². The number of hydrogen-bond acceptors (Lipinski definition) is 5. The first-order valence-corrected chi connectivity index (χ1v) is 5.85. The molecule has 2 atom stereocenters. The fourth-order valence-electron chi connectivity index (χ4n) is 1.87. The van der Waals surface area contributed by atoms with Gasteiger partial charge in [0.05, 0.1) is 12.7 Å². The SMILES string of the molecule is CCOC(=O)C(N)CN(C)CC1CCCO1. The molecule has 1 saturated heterocycles. The van der Waals surface area contributed by atoms with Crippen LogP contribution in [0, 0.1) is 0 Å². The molecule has 0 aromatic rings. The maximum absolute atomic E-state index is 11.3. The van der Waals surface area contributed by atoms with E-state index >= 15 is 0 Å². The lowest BCUT2D eigenvalue weighted by Crippen LogP contribution is -2.44. The van der Waals surface area contributed by atoms with Crippen molar-refractivity contribution in [1.82, 2.24) is 4.90 Å². The molecule has 0 aliphatic carbocycles. The summed E-state index contributed by atoms with van der Waals surface area (Å²) in [7, 11) is 1.95. The van der Waals surface area contributed by atoms with Crippen LogP contribution in [0.2, 0.25) is 0 Å². The first-order chi connectivity index (χ1) is 7.63. The van der Waals surface area contributed by atoms with Gasteiger partial charge in [-0.2, -0.15) is 0 Å². The third-order valence-electron chi connectivity index (χ3n) is 2.64. The van der Waals surface area contributed by atoms with Crippen molar-refractivity contribution in [3.63, 3.8) is 0 Å². The minimum absolute atomic E-state index is 0.291. The van der Waals surface area contributed by atoms with Crippen molar-refractivity contribution in [2.45, 2.75) is 31.9 Å². The molecule has 5 nitrogen and oxygen atoms in total. The molecule has 16 heavy (non-hydrogen) atoms. The van der Waals surface area contributed by atoms with E-state index in [1.54, 1.807) is 6.92 Å². The monoisotopic (exact) mass is 230 g/mol. The molecular formula is C11H22N2O3. The van der Waals surface area contributed by atoms with Crippen LogP contribution in [0.25, 0.3) is 0 Å². The Hall–Kier alpha value is -0.650. The van der Waals surface area contributed by atoms with E-state index in [2.05, 4.69) is 0 Å². The highest BCUT2D eigenvalue weighted by molar-refractivity contribution is 5.75. The first kappa shape index (κ1) is 13.4. The minimum Gasteiger partial charge on any atom is -0.465 e. The van der Waals surface area contributed by atoms with Gasteiger partial charge in [0.15, 0.2) is 0 Å². The quantitative estimate of drug-likeness (QED) is 0.650. The standard InChI is InChI=1S/C11H22N2O3/c1-3-15-11(14)10(12)8-13(2)7-9-5-4-6-16-9/h9-10H,3-8,12H2,1-2H3. The van der Waals surface area contributed by atoms with Crippen molar-refractivity contribution in [3.05, 3.63) is 0 Å². The predicted molar refractivity (Wildman–Crippen MR) is 61.1 cm³/mol. The van der Waals surface area contributed by atoms with Crippen LogP contribution in [0.1, 0.15) is 19.8 Å². The fraction of sp³-hybridized carbons (Fsp3) is 0.909. The number of hydrogen-bond donors (Lipinski definition) is 1. The van der Waals surface area contributed by atoms with Gasteiger partial charge >= 0.3 is 5.97 Å². The average Bonchev–Trinajstić information content (AvgIpc) is 2.70. The molecule has 0 aromatic heterocycles. The Balaban J connectivity index is 2.21. The fourth-order valence-corrected chi connectivity index (χ4v) is 1.87. The highest BCUT2D eigenvalue weighted by atomic mass is 16.5. The van der Waals surface area contributed by atoms with Gasteiger partial charge in [-0.25, -0.2) is 0 Å². The number of carbonyl (C=O) groups is 1. The van der Waals surface area contributed by atoms with Gasteiger partial charge < -0.3 is 20.1 Å². The van der Waals surface area contributed by atoms with Gasteiger partial charge in [0.1, 0.15) is 6.04 Å². The number of rotatable bonds is 6. The molecule has 0 saturated carbocycles. The molecule has 2 unspecified atom stereocenters. The second-order valence-corrected chi connectivity index (χ2v) is 4.21. The van der Waals surface area contributed by atoms with E-state index < -0.39 is 6.04 Å². The molecule has 5 heteroatoms. The van der Waals surface area contributed by atoms with E-state index in [4.69, 9.17) is 15.2 Å². The molecule has 0 spiro atoms. The van der Waals surface area contributed by atoms with Crippen LogP contribution in [-0.4, -0.2) is 56.4 Å². The van der Waals surface area contributed by atoms with E-state index in [0.717, 1.165) is 26.0 Å². The molecule has 1 heterocycles. The van der Waals surface area contributed by atoms with Gasteiger partial charge in [0.2, 0.25) is 0 Å². The lowest BCUT2D eigenvalue weighted by Gasteiger charge is -2.22. The molecule has 0 amide bonds. The molecule has 2 N–H and O–H groups in total. The molecule has 0 aromatic carbocycles. The van der Waals surface area contributed by atoms with Crippen molar-refractivity contribution >= 4 is 5.97 Å². The van der Waals surface area contributed by atoms with E-state index in [1.807, 2.05) is 11.9 Å². The summed E-state index contributed by atoms with van der Waals surface area (Å²) in [4.78, 5) is 13.3. The maximum atomic E-state index is 11.3. The predicted octanol–water partition coefficient (Wildman–Crippen LogP) is -0.0124. The van der Waals surface area contributed by atoms with Crippen molar-refractivity contribution in [2.75, 3.05) is 33.4 Å². The first-order valence-electron chi connectivity index (χ1n) is 5.85. The molecule has 1 aliphatic heterocycles. The minimum atomic E-state index is -0.564. The van der Waals surface area contributed by atoms with Crippen molar-refractivity contribution < 1.29 is 14.3 Å². The number of carbonyl (C=O) groups excluding carboxylic acids is 1. The van der Waals surface area contributed by atoms with Gasteiger partial charge in [0.25, 0.3) is 0 Å². The van der Waals surface area contributed by atoms with Crippen LogP contribution in [0.3, 0.4) is 0 Å². The molecular weight excluding hydrogens is 208 g/mol. The van der Waals surface area contributed by atoms with Gasteiger partial charge in [-0.1, -0.05) is 0 Å². The van der Waals surface area contributed by atoms with E-state index in [1.165, 1.54) is 0 Å². The van der Waals surface area contributed by atoms with Crippen LogP contribution in [0.5, 0.6) is 0 Å². The highest BCUT2D eigenvalue weighted by Crippen LogP contribution is 2.12. The zero-order valence-electron chi connectivity index (χ0n) is 10.1. The van der Waals surface area contributed by atoms with Crippen LogP contribution in [0.15, 0.2) is 0 Å². The summed E-state index contributed by atoms with van der Waals surface area (Å²) in [6.07, 6.45) is 2.51. The molecule has 1 fully saturated rings. The Morgan fingerprint density at radius 3 is 3.00 bits per heavy atom. The average molecular weight is 230 g/mol. The Labute approximate surface area is 96.9 Å². The summed E-state index contributed by atoms with van der Waals surface area (Å²) in [5.41, 5.74) is 5.72. The van der Waals surface area contributed by atoms with Crippen LogP contribution >= 0.6 is 0 Å². The lowest BCUT2D eigenvalue weighted by atomic mass is 10.2.